The molecule has 9 heavy (non-hydrogen) atoms. The number of hydrogen-bond donors (Lipinski definition) is 0. The minimum Gasteiger partial charge on any atom is -0.235 e. The summed E-state index contributed by atoms with van der Waals surface area (Å²) in [5.41, 5.74) is 0.526. The van der Waals surface area contributed by atoms with Gasteiger partial charge in [0.05, 0.1) is 0 Å². The van der Waals surface area contributed by atoms with Crippen LogP contribution in [0.25, 0.3) is 0 Å². The molecule has 2 rings (SSSR count). The summed E-state index contributed by atoms with van der Waals surface area (Å²) >= 11 is 0. The molecule has 1 spiro atoms. The average Bonchev–Trinajstić information content (AvgIpc) is 1.87. The van der Waals surface area contributed by atoms with Gasteiger partial charge in [0.25, 0.3) is 0 Å². The second kappa shape index (κ2) is 1.98. The maximum atomic E-state index is 4.56. The van der Waals surface area contributed by atoms with Crippen molar-refractivity contribution in [3.05, 3.63) is 0 Å². The minimum absolute atomic E-state index is 0.526. The van der Waals surface area contributed by atoms with E-state index in [9.17, 15) is 0 Å². The van der Waals surface area contributed by atoms with Crippen LogP contribution in [0.2, 0.25) is 0 Å². The van der Waals surface area contributed by atoms with Crippen LogP contribution in [-0.2, 0) is 0 Å². The summed E-state index contributed by atoms with van der Waals surface area (Å²) < 4.78 is 0. The van der Waals surface area contributed by atoms with Gasteiger partial charge >= 0.3 is 0 Å². The Bertz CT molecular complexity index is 97.1. The highest BCUT2D eigenvalue weighted by atomic mass is 15.0. The second-order valence-corrected chi connectivity index (χ2v) is 3.42. The Hall–Kier alpha value is -0.0400. The molecule has 0 bridgehead atoms. The zero-order chi connectivity index (χ0) is 6.16. The van der Waals surface area contributed by atoms with E-state index in [0.29, 0.717) is 5.54 Å². The largest absolute Gasteiger partial charge is 0.235 e. The molecule has 0 N–H and O–H groups in total. The van der Waals surface area contributed by atoms with Crippen LogP contribution >= 0.6 is 0 Å². The average molecular weight is 124 g/mol. The van der Waals surface area contributed by atoms with Gasteiger partial charge in [-0.1, -0.05) is 19.3 Å². The zero-order valence-electron chi connectivity index (χ0n) is 5.90. The fraction of sp³-hybridized carbons (Fsp3) is 1.00. The first-order chi connectivity index (χ1) is 4.41. The van der Waals surface area contributed by atoms with Crippen LogP contribution in [0, 0.1) is 0 Å². The summed E-state index contributed by atoms with van der Waals surface area (Å²) in [6, 6.07) is 0. The Morgan fingerprint density at radius 1 is 0.889 bits per heavy atom. The highest BCUT2D eigenvalue weighted by Crippen LogP contribution is 2.36. The Morgan fingerprint density at radius 2 is 1.56 bits per heavy atom. The van der Waals surface area contributed by atoms with Crippen molar-refractivity contribution < 1.29 is 0 Å². The van der Waals surface area contributed by atoms with Crippen LogP contribution in [0.5, 0.6) is 0 Å². The molecule has 51 valence electrons. The molecular formula is C8H14N. The van der Waals surface area contributed by atoms with E-state index in [1.807, 2.05) is 0 Å². The van der Waals surface area contributed by atoms with E-state index in [0.717, 1.165) is 6.54 Å². The highest BCUT2D eigenvalue weighted by Gasteiger charge is 2.38. The first-order valence-electron chi connectivity index (χ1n) is 4.10. The topological polar surface area (TPSA) is 14.1 Å². The fourth-order valence-corrected chi connectivity index (χ4v) is 2.05. The lowest BCUT2D eigenvalue weighted by atomic mass is 9.75. The van der Waals surface area contributed by atoms with E-state index >= 15 is 0 Å². The van der Waals surface area contributed by atoms with Gasteiger partial charge < -0.3 is 0 Å². The van der Waals surface area contributed by atoms with Crippen molar-refractivity contribution in [1.82, 2.24) is 5.32 Å². The zero-order valence-corrected chi connectivity index (χ0v) is 5.90. The van der Waals surface area contributed by atoms with E-state index < -0.39 is 0 Å². The van der Waals surface area contributed by atoms with Crippen LogP contribution in [-0.4, -0.2) is 12.1 Å². The van der Waals surface area contributed by atoms with Crippen molar-refractivity contribution in [2.24, 2.45) is 0 Å². The van der Waals surface area contributed by atoms with E-state index in [4.69, 9.17) is 0 Å². The molecule has 1 aliphatic carbocycles. The van der Waals surface area contributed by atoms with Crippen LogP contribution in [0.1, 0.15) is 38.5 Å². The quantitative estimate of drug-likeness (QED) is 0.466. The molecule has 0 aromatic carbocycles. The second-order valence-electron chi connectivity index (χ2n) is 3.42. The Morgan fingerprint density at radius 3 is 1.89 bits per heavy atom. The molecule has 1 saturated heterocycles. The molecule has 1 aliphatic heterocycles. The molecule has 2 aliphatic rings. The van der Waals surface area contributed by atoms with Gasteiger partial charge in [0.1, 0.15) is 0 Å². The van der Waals surface area contributed by atoms with Crippen molar-refractivity contribution in [1.29, 1.82) is 0 Å². The third kappa shape index (κ3) is 0.877. The third-order valence-corrected chi connectivity index (χ3v) is 2.81. The molecule has 0 aromatic rings. The molecule has 1 radical (unpaired) electrons. The summed E-state index contributed by atoms with van der Waals surface area (Å²) in [7, 11) is 0. The molecular weight excluding hydrogens is 110 g/mol. The predicted octanol–water partition coefficient (Wildman–Crippen LogP) is 1.70. The van der Waals surface area contributed by atoms with E-state index in [1.54, 1.807) is 0 Å². The van der Waals surface area contributed by atoms with Gasteiger partial charge in [-0.25, -0.2) is 5.32 Å². The van der Waals surface area contributed by atoms with Crippen molar-refractivity contribution in [3.63, 3.8) is 0 Å². The Labute approximate surface area is 56.8 Å². The van der Waals surface area contributed by atoms with Gasteiger partial charge in [-0.2, -0.15) is 0 Å². The first kappa shape index (κ1) is 5.72. The molecule has 0 atom stereocenters. The van der Waals surface area contributed by atoms with Gasteiger partial charge in [-0.15, -0.1) is 0 Å². The summed E-state index contributed by atoms with van der Waals surface area (Å²) in [6.07, 6.45) is 8.51. The van der Waals surface area contributed by atoms with Gasteiger partial charge in [-0.05, 0) is 19.3 Å². The van der Waals surface area contributed by atoms with Crippen LogP contribution in [0.4, 0.5) is 0 Å². The third-order valence-electron chi connectivity index (χ3n) is 2.81. The van der Waals surface area contributed by atoms with E-state index in [1.165, 1.54) is 38.5 Å². The minimum atomic E-state index is 0.526. The maximum Gasteiger partial charge on any atom is 0.0369 e. The summed E-state index contributed by atoms with van der Waals surface area (Å²) in [5.74, 6) is 0. The van der Waals surface area contributed by atoms with Crippen molar-refractivity contribution in [3.8, 4) is 0 Å². The number of rotatable bonds is 0. The number of nitrogens with zero attached hydrogens (tertiary/aromatic N) is 1. The van der Waals surface area contributed by atoms with Crippen LogP contribution in [0.15, 0.2) is 0 Å². The van der Waals surface area contributed by atoms with Crippen molar-refractivity contribution >= 4 is 0 Å². The lowest BCUT2D eigenvalue weighted by Crippen LogP contribution is -2.52. The SMILES string of the molecule is C1CCC2(CC1)CC[N]2. The predicted molar refractivity (Wildman–Crippen MR) is 37.4 cm³/mol. The monoisotopic (exact) mass is 124 g/mol. The maximum absolute atomic E-state index is 4.56. The Kier molecular flexibility index (Phi) is 1.26. The lowest BCUT2D eigenvalue weighted by molar-refractivity contribution is 0.137. The van der Waals surface area contributed by atoms with Crippen molar-refractivity contribution in [2.75, 3.05) is 6.54 Å². The molecule has 0 unspecified atom stereocenters. The summed E-state index contributed by atoms with van der Waals surface area (Å²) in [6.45, 7) is 1.15. The molecule has 1 nitrogen and oxygen atoms in total. The molecule has 2 fully saturated rings. The standard InChI is InChI=1S/C8H14N/c1-2-4-8(5-3-1)6-7-9-8/h1-7H2. The van der Waals surface area contributed by atoms with Gasteiger partial charge in [0.2, 0.25) is 0 Å². The number of hydrogen-bond acceptors (Lipinski definition) is 0. The van der Waals surface area contributed by atoms with Gasteiger partial charge in [0.15, 0.2) is 0 Å². The van der Waals surface area contributed by atoms with E-state index in [-0.39, 0.29) is 0 Å². The highest BCUT2D eigenvalue weighted by molar-refractivity contribution is 4.97. The first-order valence-corrected chi connectivity index (χ1v) is 4.10. The molecule has 1 saturated carbocycles. The molecule has 0 aromatic heterocycles. The summed E-state index contributed by atoms with van der Waals surface area (Å²) in [4.78, 5) is 0. The molecule has 1 heterocycles. The Balaban J connectivity index is 1.93. The van der Waals surface area contributed by atoms with Crippen molar-refractivity contribution in [2.45, 2.75) is 44.1 Å². The lowest BCUT2D eigenvalue weighted by Gasteiger charge is -2.44. The van der Waals surface area contributed by atoms with E-state index in [2.05, 4.69) is 5.32 Å². The smallest absolute Gasteiger partial charge is 0.0369 e. The fourth-order valence-electron chi connectivity index (χ4n) is 2.05. The van der Waals surface area contributed by atoms with Crippen LogP contribution in [0.3, 0.4) is 0 Å². The van der Waals surface area contributed by atoms with Gasteiger partial charge in [-0.3, -0.25) is 0 Å². The molecule has 1 heteroatoms. The van der Waals surface area contributed by atoms with Gasteiger partial charge in [0, 0.05) is 12.1 Å². The summed E-state index contributed by atoms with van der Waals surface area (Å²) in [5, 5.41) is 4.56. The molecule has 0 amide bonds. The van der Waals surface area contributed by atoms with Crippen LogP contribution < -0.4 is 5.32 Å². The normalized spacial score (nSPS) is 32.0.